The van der Waals surface area contributed by atoms with E-state index in [1.54, 1.807) is 20.8 Å². The molecule has 0 aliphatic heterocycles. The second kappa shape index (κ2) is 6.27. The molecular formula is C12H20N4O4. The van der Waals surface area contributed by atoms with Crippen LogP contribution in [0.2, 0.25) is 0 Å². The average Bonchev–Trinajstić information content (AvgIpc) is 2.67. The van der Waals surface area contributed by atoms with Crippen molar-refractivity contribution in [2.75, 3.05) is 19.4 Å². The van der Waals surface area contributed by atoms with Crippen LogP contribution >= 0.6 is 0 Å². The highest BCUT2D eigenvalue weighted by molar-refractivity contribution is 5.92. The molecule has 0 atom stereocenters. The quantitative estimate of drug-likeness (QED) is 0.791. The molecule has 0 saturated heterocycles. The fraction of sp³-hybridized carbons (Fsp3) is 0.583. The summed E-state index contributed by atoms with van der Waals surface area (Å²) >= 11 is 0. The van der Waals surface area contributed by atoms with Crippen LogP contribution in [0.4, 0.5) is 10.6 Å². The van der Waals surface area contributed by atoms with Crippen LogP contribution in [-0.4, -0.2) is 40.9 Å². The molecule has 0 aromatic carbocycles. The summed E-state index contributed by atoms with van der Waals surface area (Å²) in [4.78, 5) is 26.8. The number of anilines is 1. The van der Waals surface area contributed by atoms with E-state index in [0.29, 0.717) is 6.54 Å². The lowest BCUT2D eigenvalue weighted by Gasteiger charge is -2.19. The molecule has 0 aliphatic carbocycles. The molecular weight excluding hydrogens is 264 g/mol. The van der Waals surface area contributed by atoms with Crippen LogP contribution in [0.1, 0.15) is 31.3 Å². The molecule has 1 aromatic heterocycles. The number of alkyl carbamates (subject to hydrolysis) is 1. The van der Waals surface area contributed by atoms with Crippen LogP contribution in [0.3, 0.4) is 0 Å². The normalized spacial score (nSPS) is 11.0. The van der Waals surface area contributed by atoms with Gasteiger partial charge in [0.15, 0.2) is 11.5 Å². The minimum Gasteiger partial charge on any atom is -0.464 e. The molecule has 112 valence electrons. The maximum atomic E-state index is 11.5. The van der Waals surface area contributed by atoms with Crippen molar-refractivity contribution >= 4 is 17.9 Å². The first-order chi connectivity index (χ1) is 9.24. The number of carbonyl (C=O) groups is 2. The predicted octanol–water partition coefficient (Wildman–Crippen LogP) is 0.777. The number of amides is 1. The van der Waals surface area contributed by atoms with Crippen LogP contribution in [-0.2, 0) is 16.0 Å². The van der Waals surface area contributed by atoms with E-state index >= 15 is 0 Å². The molecule has 8 nitrogen and oxygen atoms in total. The van der Waals surface area contributed by atoms with E-state index in [-0.39, 0.29) is 18.1 Å². The average molecular weight is 284 g/mol. The second-order valence-electron chi connectivity index (χ2n) is 5.09. The molecule has 8 heteroatoms. The Kier molecular flexibility index (Phi) is 4.95. The first-order valence-corrected chi connectivity index (χ1v) is 6.10. The van der Waals surface area contributed by atoms with Crippen molar-refractivity contribution < 1.29 is 19.1 Å². The minimum absolute atomic E-state index is 0.0918. The van der Waals surface area contributed by atoms with E-state index in [9.17, 15) is 9.59 Å². The summed E-state index contributed by atoms with van der Waals surface area (Å²) < 4.78 is 11.2. The molecule has 1 aromatic rings. The van der Waals surface area contributed by atoms with Gasteiger partial charge in [-0.25, -0.2) is 14.6 Å². The molecule has 0 fully saturated rings. The van der Waals surface area contributed by atoms with Crippen molar-refractivity contribution in [2.45, 2.75) is 32.9 Å². The highest BCUT2D eigenvalue weighted by atomic mass is 16.6. The zero-order valence-electron chi connectivity index (χ0n) is 12.1. The van der Waals surface area contributed by atoms with Crippen molar-refractivity contribution in [1.82, 2.24) is 14.9 Å². The number of rotatable bonds is 4. The van der Waals surface area contributed by atoms with Crippen molar-refractivity contribution in [3.8, 4) is 0 Å². The number of aromatic nitrogens is 2. The molecule has 1 rings (SSSR count). The van der Waals surface area contributed by atoms with Gasteiger partial charge in [-0.15, -0.1) is 0 Å². The summed E-state index contributed by atoms with van der Waals surface area (Å²) in [5.41, 5.74) is 5.20. The summed E-state index contributed by atoms with van der Waals surface area (Å²) in [6.45, 7) is 5.93. The number of methoxy groups -OCH3 is 1. The first-order valence-electron chi connectivity index (χ1n) is 6.10. The Morgan fingerprint density at radius 2 is 2.10 bits per heavy atom. The molecule has 1 heterocycles. The Morgan fingerprint density at radius 3 is 2.65 bits per heavy atom. The van der Waals surface area contributed by atoms with E-state index < -0.39 is 17.7 Å². The summed E-state index contributed by atoms with van der Waals surface area (Å²) in [7, 11) is 1.26. The van der Waals surface area contributed by atoms with Gasteiger partial charge in [-0.05, 0) is 20.8 Å². The van der Waals surface area contributed by atoms with Crippen LogP contribution < -0.4 is 11.1 Å². The van der Waals surface area contributed by atoms with E-state index in [4.69, 9.17) is 10.5 Å². The fourth-order valence-electron chi connectivity index (χ4n) is 1.48. The smallest absolute Gasteiger partial charge is 0.407 e. The van der Waals surface area contributed by atoms with Crippen molar-refractivity contribution in [1.29, 1.82) is 0 Å². The molecule has 0 unspecified atom stereocenters. The molecule has 0 saturated carbocycles. The maximum absolute atomic E-state index is 11.5. The Morgan fingerprint density at radius 1 is 1.45 bits per heavy atom. The van der Waals surface area contributed by atoms with Crippen molar-refractivity contribution in [2.24, 2.45) is 0 Å². The third-order valence-electron chi connectivity index (χ3n) is 2.27. The lowest BCUT2D eigenvalue weighted by Crippen LogP contribution is -2.34. The Hall–Kier alpha value is -2.25. The van der Waals surface area contributed by atoms with Gasteiger partial charge in [0.25, 0.3) is 0 Å². The van der Waals surface area contributed by atoms with Gasteiger partial charge >= 0.3 is 12.1 Å². The maximum Gasteiger partial charge on any atom is 0.407 e. The standard InChI is InChI=1S/C12H20N4O4/c1-12(2,3)20-11(18)14-5-6-16-7-15-9(13)8(16)10(17)19-4/h7H,5-6,13H2,1-4H3,(H,14,18). The molecule has 0 aliphatic rings. The highest BCUT2D eigenvalue weighted by Crippen LogP contribution is 2.10. The number of imidazole rings is 1. The zero-order chi connectivity index (χ0) is 15.3. The first kappa shape index (κ1) is 15.8. The number of nitrogens with two attached hydrogens (primary N) is 1. The largest absolute Gasteiger partial charge is 0.464 e. The molecule has 20 heavy (non-hydrogen) atoms. The van der Waals surface area contributed by atoms with E-state index in [0.717, 1.165) is 0 Å². The molecule has 1 amide bonds. The molecule has 0 bridgehead atoms. The molecule has 3 N–H and O–H groups in total. The van der Waals surface area contributed by atoms with Gasteiger partial charge in [-0.1, -0.05) is 0 Å². The predicted molar refractivity (Wildman–Crippen MR) is 72.2 cm³/mol. The van der Waals surface area contributed by atoms with E-state index in [1.165, 1.54) is 18.0 Å². The SMILES string of the molecule is COC(=O)c1c(N)ncn1CCNC(=O)OC(C)(C)C. The van der Waals surface area contributed by atoms with Crippen LogP contribution in [0, 0.1) is 0 Å². The number of ether oxygens (including phenoxy) is 2. The number of carbonyl (C=O) groups excluding carboxylic acids is 2. The Balaban J connectivity index is 2.55. The number of hydrogen-bond donors (Lipinski definition) is 2. The number of hydrogen-bond acceptors (Lipinski definition) is 6. The van der Waals surface area contributed by atoms with Gasteiger partial charge in [-0.2, -0.15) is 0 Å². The van der Waals surface area contributed by atoms with E-state index in [2.05, 4.69) is 15.0 Å². The van der Waals surface area contributed by atoms with Gasteiger partial charge in [0.1, 0.15) is 5.60 Å². The zero-order valence-corrected chi connectivity index (χ0v) is 12.1. The molecule has 0 spiro atoms. The number of esters is 1. The third-order valence-corrected chi connectivity index (χ3v) is 2.27. The van der Waals surface area contributed by atoms with Crippen LogP contribution in [0.5, 0.6) is 0 Å². The Labute approximate surface area is 117 Å². The van der Waals surface area contributed by atoms with Crippen molar-refractivity contribution in [3.63, 3.8) is 0 Å². The van der Waals surface area contributed by atoms with Gasteiger partial charge in [0.05, 0.1) is 13.4 Å². The van der Waals surface area contributed by atoms with Crippen molar-refractivity contribution in [3.05, 3.63) is 12.0 Å². The number of nitrogens with one attached hydrogen (secondary N) is 1. The highest BCUT2D eigenvalue weighted by Gasteiger charge is 2.18. The summed E-state index contributed by atoms with van der Waals surface area (Å²) in [5, 5.41) is 2.58. The number of nitrogens with zero attached hydrogens (tertiary/aromatic N) is 2. The topological polar surface area (TPSA) is 108 Å². The van der Waals surface area contributed by atoms with Gasteiger partial charge in [0, 0.05) is 13.1 Å². The summed E-state index contributed by atoms with van der Waals surface area (Å²) in [6, 6.07) is 0. The minimum atomic E-state index is -0.572. The summed E-state index contributed by atoms with van der Waals surface area (Å²) in [5.74, 6) is -0.480. The number of nitrogen functional groups attached to an aromatic ring is 1. The van der Waals surface area contributed by atoms with Gasteiger partial charge < -0.3 is 25.1 Å². The third kappa shape index (κ3) is 4.45. The second-order valence-corrected chi connectivity index (χ2v) is 5.09. The van der Waals surface area contributed by atoms with E-state index in [1.807, 2.05) is 0 Å². The lowest BCUT2D eigenvalue weighted by molar-refractivity contribution is 0.0526. The summed E-state index contributed by atoms with van der Waals surface area (Å²) in [6.07, 6.45) is 0.892. The fourth-order valence-corrected chi connectivity index (χ4v) is 1.48. The van der Waals surface area contributed by atoms with Gasteiger partial charge in [0.2, 0.25) is 0 Å². The van der Waals surface area contributed by atoms with Crippen LogP contribution in [0.15, 0.2) is 6.33 Å². The lowest BCUT2D eigenvalue weighted by atomic mass is 10.2. The monoisotopic (exact) mass is 284 g/mol. The Bertz CT molecular complexity index is 490. The molecule has 0 radical (unpaired) electrons. The van der Waals surface area contributed by atoms with Crippen LogP contribution in [0.25, 0.3) is 0 Å². The van der Waals surface area contributed by atoms with Gasteiger partial charge in [-0.3, -0.25) is 0 Å².